The van der Waals surface area contributed by atoms with E-state index in [1.54, 1.807) is 6.07 Å². The van der Waals surface area contributed by atoms with Crippen LogP contribution in [0.15, 0.2) is 18.2 Å². The number of aromatic nitrogens is 1. The van der Waals surface area contributed by atoms with Gasteiger partial charge in [0.1, 0.15) is 0 Å². The minimum Gasteiger partial charge on any atom is -0.354 e. The van der Waals surface area contributed by atoms with Crippen LogP contribution < -0.4 is 11.1 Å². The van der Waals surface area contributed by atoms with Gasteiger partial charge < -0.3 is 9.80 Å². The molecule has 0 aliphatic carbocycles. The Bertz CT molecular complexity index is 634. The lowest BCUT2D eigenvalue weighted by Gasteiger charge is -2.31. The number of rotatable bonds is 5. The van der Waals surface area contributed by atoms with Crippen molar-refractivity contribution in [3.8, 4) is 0 Å². The summed E-state index contributed by atoms with van der Waals surface area (Å²) in [6, 6.07) is 4.66. The first kappa shape index (κ1) is 14.6. The molecule has 0 aliphatic heterocycles. The van der Waals surface area contributed by atoms with Crippen molar-refractivity contribution in [3.63, 3.8) is 0 Å². The van der Waals surface area contributed by atoms with E-state index in [1.807, 2.05) is 21.1 Å². The van der Waals surface area contributed by atoms with Gasteiger partial charge in [-0.2, -0.15) is 0 Å². The van der Waals surface area contributed by atoms with Gasteiger partial charge >= 0.3 is 0 Å². The molecular formula is C12H18N5O2S+. The maximum Gasteiger partial charge on any atom is 0.270 e. The highest BCUT2D eigenvalue weighted by molar-refractivity contribution is 7.22. The zero-order chi connectivity index (χ0) is 14.9. The minimum atomic E-state index is -0.404. The van der Waals surface area contributed by atoms with E-state index < -0.39 is 4.92 Å². The van der Waals surface area contributed by atoms with E-state index in [9.17, 15) is 10.1 Å². The van der Waals surface area contributed by atoms with Crippen LogP contribution in [0.1, 0.15) is 0 Å². The Labute approximate surface area is 120 Å². The summed E-state index contributed by atoms with van der Waals surface area (Å²) in [6.07, 6.45) is -0.0589. The van der Waals surface area contributed by atoms with Gasteiger partial charge in [-0.15, -0.1) is 0 Å². The quantitative estimate of drug-likeness (QED) is 0.378. The molecule has 0 amide bonds. The number of benzene rings is 1. The highest BCUT2D eigenvalue weighted by Crippen LogP contribution is 2.29. The second-order valence-electron chi connectivity index (χ2n) is 5.49. The fourth-order valence-electron chi connectivity index (χ4n) is 1.57. The molecule has 8 heteroatoms. The number of nitrogens with one attached hydrogen (secondary N) is 1. The van der Waals surface area contributed by atoms with Gasteiger partial charge in [-0.25, -0.2) is 4.98 Å². The van der Waals surface area contributed by atoms with E-state index in [2.05, 4.69) is 10.3 Å². The molecular weight excluding hydrogens is 278 g/mol. The van der Waals surface area contributed by atoms with Crippen LogP contribution in [0.3, 0.4) is 0 Å². The molecule has 0 aliphatic rings. The maximum absolute atomic E-state index is 10.7. The third-order valence-corrected chi connectivity index (χ3v) is 4.02. The molecule has 108 valence electrons. The van der Waals surface area contributed by atoms with E-state index in [-0.39, 0.29) is 11.9 Å². The third-order valence-electron chi connectivity index (χ3n) is 3.04. The van der Waals surface area contributed by atoms with Crippen LogP contribution in [-0.2, 0) is 0 Å². The number of nitro benzene ring substituents is 1. The van der Waals surface area contributed by atoms with Crippen LogP contribution in [0, 0.1) is 10.1 Å². The zero-order valence-corrected chi connectivity index (χ0v) is 12.5. The van der Waals surface area contributed by atoms with Gasteiger partial charge in [0.2, 0.25) is 0 Å². The average Bonchev–Trinajstić information content (AvgIpc) is 2.76. The second-order valence-corrected chi connectivity index (χ2v) is 6.52. The molecule has 7 nitrogen and oxygen atoms in total. The summed E-state index contributed by atoms with van der Waals surface area (Å²) in [5.41, 5.74) is 6.89. The molecule has 1 unspecified atom stereocenters. The smallest absolute Gasteiger partial charge is 0.270 e. The lowest BCUT2D eigenvalue weighted by molar-refractivity contribution is -0.893. The first-order valence-electron chi connectivity index (χ1n) is 6.13. The van der Waals surface area contributed by atoms with Crippen LogP contribution in [-0.4, -0.2) is 48.2 Å². The Morgan fingerprint density at radius 3 is 2.80 bits per heavy atom. The van der Waals surface area contributed by atoms with Crippen molar-refractivity contribution in [2.24, 2.45) is 5.73 Å². The number of hydrogen-bond acceptors (Lipinski definition) is 6. The van der Waals surface area contributed by atoms with Gasteiger partial charge in [0.25, 0.3) is 5.69 Å². The molecule has 2 aromatic rings. The van der Waals surface area contributed by atoms with E-state index in [4.69, 9.17) is 5.73 Å². The van der Waals surface area contributed by atoms with Crippen molar-refractivity contribution in [2.45, 2.75) is 6.17 Å². The number of likely N-dealkylation sites (N-methyl/N-ethyl adjacent to an activating group) is 1. The molecule has 2 rings (SSSR count). The highest BCUT2D eigenvalue weighted by atomic mass is 32.1. The summed E-state index contributed by atoms with van der Waals surface area (Å²) in [7, 11) is 6.07. The van der Waals surface area contributed by atoms with Crippen LogP contribution in [0.5, 0.6) is 0 Å². The number of thiazole rings is 1. The first-order chi connectivity index (χ1) is 9.27. The Morgan fingerprint density at radius 1 is 1.50 bits per heavy atom. The van der Waals surface area contributed by atoms with Crippen molar-refractivity contribution < 1.29 is 9.41 Å². The van der Waals surface area contributed by atoms with Crippen molar-refractivity contribution in [1.29, 1.82) is 0 Å². The molecule has 3 N–H and O–H groups in total. The summed E-state index contributed by atoms with van der Waals surface area (Å²) in [6.45, 7) is 0.589. The number of nitrogens with two attached hydrogens (primary N) is 1. The molecule has 20 heavy (non-hydrogen) atoms. The van der Waals surface area contributed by atoms with Crippen LogP contribution in [0.25, 0.3) is 10.2 Å². The molecule has 0 radical (unpaired) electrons. The Kier molecular flexibility index (Phi) is 3.89. The molecule has 0 bridgehead atoms. The fraction of sp³-hybridized carbons (Fsp3) is 0.417. The van der Waals surface area contributed by atoms with Crippen molar-refractivity contribution in [3.05, 3.63) is 28.3 Å². The van der Waals surface area contributed by atoms with Gasteiger partial charge in [-0.05, 0) is 6.07 Å². The number of nitro groups is 1. The summed E-state index contributed by atoms with van der Waals surface area (Å²) in [5.74, 6) is 0. The number of non-ortho nitro benzene ring substituents is 1. The molecule has 1 aromatic carbocycles. The number of anilines is 1. The number of quaternary nitrogens is 1. The largest absolute Gasteiger partial charge is 0.354 e. The Morgan fingerprint density at radius 2 is 2.20 bits per heavy atom. The fourth-order valence-corrected chi connectivity index (χ4v) is 2.47. The molecule has 0 saturated heterocycles. The third kappa shape index (κ3) is 3.21. The number of nitrogens with zero attached hydrogens (tertiary/aromatic N) is 3. The lowest BCUT2D eigenvalue weighted by Crippen LogP contribution is -2.54. The van der Waals surface area contributed by atoms with E-state index in [0.29, 0.717) is 11.0 Å². The molecule has 1 heterocycles. The van der Waals surface area contributed by atoms with Crippen molar-refractivity contribution in [1.82, 2.24) is 4.98 Å². The summed E-state index contributed by atoms with van der Waals surface area (Å²) < 4.78 is 1.43. The van der Waals surface area contributed by atoms with Gasteiger partial charge in [-0.1, -0.05) is 11.3 Å². The summed E-state index contributed by atoms with van der Waals surface area (Å²) in [4.78, 5) is 14.7. The van der Waals surface area contributed by atoms with Gasteiger partial charge in [-0.3, -0.25) is 15.8 Å². The monoisotopic (exact) mass is 296 g/mol. The molecule has 1 aromatic heterocycles. The predicted molar refractivity (Wildman–Crippen MR) is 80.8 cm³/mol. The Balaban J connectivity index is 2.14. The molecule has 0 fully saturated rings. The van der Waals surface area contributed by atoms with Crippen LogP contribution >= 0.6 is 11.3 Å². The van der Waals surface area contributed by atoms with Crippen LogP contribution in [0.4, 0.5) is 10.8 Å². The Hall–Kier alpha value is -1.77. The summed E-state index contributed by atoms with van der Waals surface area (Å²) >= 11 is 1.39. The maximum atomic E-state index is 10.7. The van der Waals surface area contributed by atoms with Crippen molar-refractivity contribution in [2.75, 3.05) is 33.0 Å². The van der Waals surface area contributed by atoms with E-state index in [1.165, 1.54) is 23.5 Å². The van der Waals surface area contributed by atoms with E-state index in [0.717, 1.165) is 15.3 Å². The highest BCUT2D eigenvalue weighted by Gasteiger charge is 2.19. The van der Waals surface area contributed by atoms with Crippen LogP contribution in [0.2, 0.25) is 0 Å². The van der Waals surface area contributed by atoms with Gasteiger partial charge in [0.15, 0.2) is 11.3 Å². The lowest BCUT2D eigenvalue weighted by atomic mass is 10.3. The second kappa shape index (κ2) is 5.31. The van der Waals surface area contributed by atoms with Gasteiger partial charge in [0.05, 0.1) is 42.8 Å². The SMILES string of the molecule is C[N+](C)(C)C(N)CNc1nc2ccc([N+](=O)[O-])cc2s1. The normalized spacial score (nSPS) is 13.4. The minimum absolute atomic E-state index is 0.0589. The standard InChI is InChI=1S/C12H18N5O2S/c1-17(2,3)11(13)7-14-12-15-9-5-4-8(16(18)19)6-10(9)20-12/h4-6,11H,7,13H2,1-3H3,(H,14,15)/q+1. The molecule has 0 saturated carbocycles. The topological polar surface area (TPSA) is 94.1 Å². The van der Waals surface area contributed by atoms with E-state index >= 15 is 0 Å². The molecule has 1 atom stereocenters. The van der Waals surface area contributed by atoms with Crippen molar-refractivity contribution >= 4 is 32.4 Å². The average molecular weight is 296 g/mol. The number of hydrogen-bond donors (Lipinski definition) is 2. The number of fused-ring (bicyclic) bond motifs is 1. The summed E-state index contributed by atoms with van der Waals surface area (Å²) in [5, 5.41) is 14.6. The predicted octanol–water partition coefficient (Wildman–Crippen LogP) is 1.61. The molecule has 0 spiro atoms. The first-order valence-corrected chi connectivity index (χ1v) is 6.94. The zero-order valence-electron chi connectivity index (χ0n) is 11.7. The van der Waals surface area contributed by atoms with Gasteiger partial charge in [0, 0.05) is 12.1 Å².